The van der Waals surface area contributed by atoms with Crippen molar-refractivity contribution in [3.05, 3.63) is 35.9 Å². The van der Waals surface area contributed by atoms with Crippen molar-refractivity contribution >= 4 is 0 Å². The van der Waals surface area contributed by atoms with E-state index >= 15 is 0 Å². The third-order valence-corrected chi connectivity index (χ3v) is 5.47. The molecule has 1 aromatic carbocycles. The summed E-state index contributed by atoms with van der Waals surface area (Å²) >= 11 is 0. The Kier molecular flexibility index (Phi) is 11.1. The first kappa shape index (κ1) is 23.1. The number of aliphatic hydroxyl groups excluding tert-OH is 1. The van der Waals surface area contributed by atoms with Gasteiger partial charge < -0.3 is 14.9 Å². The van der Waals surface area contributed by atoms with Crippen molar-refractivity contribution in [1.82, 2.24) is 0 Å². The Bertz CT molecular complexity index is 442. The van der Waals surface area contributed by atoms with Crippen LogP contribution >= 0.6 is 0 Å². The van der Waals surface area contributed by atoms with E-state index in [0.717, 1.165) is 57.8 Å². The number of unbranched alkanes of at least 4 members (excludes halogenated alkanes) is 3. The predicted octanol–water partition coefficient (Wildman–Crippen LogP) is 5.28. The Morgan fingerprint density at radius 3 is 1.88 bits per heavy atom. The van der Waals surface area contributed by atoms with Crippen LogP contribution in [-0.4, -0.2) is 34.6 Å². The fourth-order valence-corrected chi connectivity index (χ4v) is 3.89. The summed E-state index contributed by atoms with van der Waals surface area (Å²) in [5.74, 6) is 0. The Morgan fingerprint density at radius 1 is 0.846 bits per heavy atom. The van der Waals surface area contributed by atoms with Crippen molar-refractivity contribution < 1.29 is 14.9 Å². The first-order valence-corrected chi connectivity index (χ1v) is 10.6. The van der Waals surface area contributed by atoms with Crippen molar-refractivity contribution in [3.8, 4) is 0 Å². The Labute approximate surface area is 160 Å². The van der Waals surface area contributed by atoms with Crippen LogP contribution in [0.3, 0.4) is 0 Å². The summed E-state index contributed by atoms with van der Waals surface area (Å²) in [5, 5.41) is 21.3. The second-order valence-electron chi connectivity index (χ2n) is 7.57. The molecular weight excluding hydrogens is 324 g/mol. The summed E-state index contributed by atoms with van der Waals surface area (Å²) in [5.41, 5.74) is -0.315. The van der Waals surface area contributed by atoms with Crippen LogP contribution < -0.4 is 0 Å². The van der Waals surface area contributed by atoms with E-state index in [2.05, 4.69) is 32.9 Å². The highest BCUT2D eigenvalue weighted by molar-refractivity contribution is 5.20. The lowest BCUT2D eigenvalue weighted by Crippen LogP contribution is -2.58. The molecule has 1 aromatic rings. The van der Waals surface area contributed by atoms with Gasteiger partial charge in [-0.25, -0.2) is 0 Å². The lowest BCUT2D eigenvalue weighted by molar-refractivity contribution is -0.200. The van der Waals surface area contributed by atoms with E-state index in [-0.39, 0.29) is 13.2 Å². The van der Waals surface area contributed by atoms with Crippen LogP contribution in [0.4, 0.5) is 0 Å². The lowest BCUT2D eigenvalue weighted by Gasteiger charge is -2.48. The van der Waals surface area contributed by atoms with Crippen LogP contribution in [0, 0.1) is 0 Å². The number of ether oxygens (including phenoxy) is 1. The third-order valence-electron chi connectivity index (χ3n) is 5.47. The molecule has 0 aliphatic heterocycles. The van der Waals surface area contributed by atoms with E-state index in [9.17, 15) is 10.2 Å². The average Bonchev–Trinajstić information content (AvgIpc) is 2.67. The summed E-state index contributed by atoms with van der Waals surface area (Å²) in [6, 6.07) is 10.3. The number of aliphatic hydroxyl groups is 2. The quantitative estimate of drug-likeness (QED) is 0.445. The van der Waals surface area contributed by atoms with Crippen molar-refractivity contribution in [2.45, 2.75) is 96.2 Å². The van der Waals surface area contributed by atoms with Gasteiger partial charge >= 0.3 is 0 Å². The Hall–Kier alpha value is -0.900. The smallest absolute Gasteiger partial charge is 0.101 e. The van der Waals surface area contributed by atoms with E-state index in [1.807, 2.05) is 18.2 Å². The van der Waals surface area contributed by atoms with Crippen molar-refractivity contribution in [2.75, 3.05) is 13.2 Å². The summed E-state index contributed by atoms with van der Waals surface area (Å²) in [6.45, 7) is 6.77. The van der Waals surface area contributed by atoms with Gasteiger partial charge in [-0.3, -0.25) is 0 Å². The highest BCUT2D eigenvalue weighted by Gasteiger charge is 2.49. The zero-order chi connectivity index (χ0) is 19.3. The molecular formula is C23H40O3. The second kappa shape index (κ2) is 12.5. The van der Waals surface area contributed by atoms with Crippen LogP contribution in [-0.2, 0) is 11.2 Å². The topological polar surface area (TPSA) is 49.7 Å². The first-order valence-electron chi connectivity index (χ1n) is 10.6. The lowest BCUT2D eigenvalue weighted by atomic mass is 9.70. The minimum Gasteiger partial charge on any atom is -0.394 e. The molecule has 0 saturated heterocycles. The highest BCUT2D eigenvalue weighted by atomic mass is 16.5. The van der Waals surface area contributed by atoms with Crippen LogP contribution in [0.1, 0.15) is 84.1 Å². The van der Waals surface area contributed by atoms with Crippen LogP contribution in [0.2, 0.25) is 0 Å². The minimum atomic E-state index is -0.862. The fourth-order valence-electron chi connectivity index (χ4n) is 3.89. The average molecular weight is 365 g/mol. The van der Waals surface area contributed by atoms with Crippen LogP contribution in [0.15, 0.2) is 30.3 Å². The van der Waals surface area contributed by atoms with Crippen molar-refractivity contribution in [3.63, 3.8) is 0 Å². The molecule has 0 aliphatic carbocycles. The molecule has 0 saturated carbocycles. The van der Waals surface area contributed by atoms with E-state index in [1.165, 1.54) is 5.56 Å². The van der Waals surface area contributed by atoms with Gasteiger partial charge in [-0.1, -0.05) is 89.6 Å². The molecule has 3 heteroatoms. The van der Waals surface area contributed by atoms with Crippen molar-refractivity contribution in [1.29, 1.82) is 0 Å². The largest absolute Gasteiger partial charge is 0.394 e. The van der Waals surface area contributed by atoms with Gasteiger partial charge in [-0.2, -0.15) is 0 Å². The Morgan fingerprint density at radius 2 is 1.38 bits per heavy atom. The number of hydrogen-bond acceptors (Lipinski definition) is 3. The molecule has 1 rings (SSSR count). The first-order chi connectivity index (χ1) is 12.6. The van der Waals surface area contributed by atoms with Gasteiger partial charge in [0.05, 0.1) is 18.8 Å². The third kappa shape index (κ3) is 6.68. The summed E-state index contributed by atoms with van der Waals surface area (Å²) in [6.07, 6.45) is 9.20. The second-order valence-corrected chi connectivity index (χ2v) is 7.57. The molecule has 1 unspecified atom stereocenters. The van der Waals surface area contributed by atoms with Gasteiger partial charge in [-0.05, 0) is 24.8 Å². The molecule has 0 heterocycles. The minimum absolute atomic E-state index is 0.0136. The maximum Gasteiger partial charge on any atom is 0.101 e. The van der Waals surface area contributed by atoms with Gasteiger partial charge in [0.1, 0.15) is 5.60 Å². The van der Waals surface area contributed by atoms with E-state index in [1.54, 1.807) is 0 Å². The number of benzene rings is 1. The molecule has 3 nitrogen and oxygen atoms in total. The van der Waals surface area contributed by atoms with E-state index in [0.29, 0.717) is 6.42 Å². The van der Waals surface area contributed by atoms with Gasteiger partial charge in [0, 0.05) is 6.42 Å². The predicted molar refractivity (Wildman–Crippen MR) is 109 cm³/mol. The van der Waals surface area contributed by atoms with E-state index < -0.39 is 11.2 Å². The number of rotatable bonds is 15. The standard InChI is InChI=1S/C23H40O3/c1-4-7-15-22(25,16-8-5-2)23(17-9-6-3,26-19-18-24)20-21-13-11-10-12-14-21/h10-14,24-25H,4-9,15-20H2,1-3H3. The maximum absolute atomic E-state index is 11.9. The SMILES string of the molecule is CCCCC(O)(CCCC)C(CCCC)(Cc1ccccc1)OCCO. The molecule has 0 bridgehead atoms. The zero-order valence-electron chi connectivity index (χ0n) is 17.2. The molecule has 26 heavy (non-hydrogen) atoms. The normalized spacial score (nSPS) is 14.3. The van der Waals surface area contributed by atoms with Gasteiger partial charge in [0.15, 0.2) is 0 Å². The van der Waals surface area contributed by atoms with Gasteiger partial charge in [0.2, 0.25) is 0 Å². The summed E-state index contributed by atoms with van der Waals surface area (Å²) in [4.78, 5) is 0. The van der Waals surface area contributed by atoms with E-state index in [4.69, 9.17) is 4.74 Å². The Balaban J connectivity index is 3.27. The fraction of sp³-hybridized carbons (Fsp3) is 0.739. The van der Waals surface area contributed by atoms with Gasteiger partial charge in [0.25, 0.3) is 0 Å². The zero-order valence-corrected chi connectivity index (χ0v) is 17.2. The number of hydrogen-bond donors (Lipinski definition) is 2. The summed E-state index contributed by atoms with van der Waals surface area (Å²) in [7, 11) is 0. The molecule has 0 aromatic heterocycles. The molecule has 1 atom stereocenters. The van der Waals surface area contributed by atoms with Crippen molar-refractivity contribution in [2.24, 2.45) is 0 Å². The summed E-state index contributed by atoms with van der Waals surface area (Å²) < 4.78 is 6.34. The molecule has 0 radical (unpaired) electrons. The molecule has 0 spiro atoms. The molecule has 0 aliphatic rings. The highest BCUT2D eigenvalue weighted by Crippen LogP contribution is 2.42. The molecule has 150 valence electrons. The molecule has 0 amide bonds. The van der Waals surface area contributed by atoms with Gasteiger partial charge in [-0.15, -0.1) is 0 Å². The molecule has 0 fully saturated rings. The monoisotopic (exact) mass is 364 g/mol. The molecule has 2 N–H and O–H groups in total. The van der Waals surface area contributed by atoms with Crippen LogP contribution in [0.25, 0.3) is 0 Å². The van der Waals surface area contributed by atoms with Crippen LogP contribution in [0.5, 0.6) is 0 Å². The maximum atomic E-state index is 11.9.